The number of piperidine rings is 1. The van der Waals surface area contributed by atoms with Crippen molar-refractivity contribution in [3.63, 3.8) is 0 Å². The number of carbonyl (C=O) groups excluding carboxylic acids is 2. The van der Waals surface area contributed by atoms with Crippen LogP contribution in [0.25, 0.3) is 0 Å². The maximum atomic E-state index is 12.1. The molecule has 1 saturated heterocycles. The molecule has 1 aromatic carbocycles. The Hall–Kier alpha value is -2.59. The van der Waals surface area contributed by atoms with Crippen molar-refractivity contribution < 1.29 is 14.3 Å². The lowest BCUT2D eigenvalue weighted by Gasteiger charge is -2.24. The Morgan fingerprint density at radius 1 is 1.42 bits per heavy atom. The average Bonchev–Trinajstić information content (AvgIpc) is 3.05. The van der Waals surface area contributed by atoms with E-state index >= 15 is 0 Å². The zero-order valence-electron chi connectivity index (χ0n) is 14.7. The van der Waals surface area contributed by atoms with Crippen LogP contribution in [0.2, 0.25) is 0 Å². The second-order valence-electron chi connectivity index (χ2n) is 6.80. The molecule has 2 heterocycles. The molecule has 0 aromatic heterocycles. The van der Waals surface area contributed by atoms with Gasteiger partial charge >= 0.3 is 0 Å². The molecule has 2 aliphatic rings. The molecule has 0 aliphatic carbocycles. The van der Waals surface area contributed by atoms with E-state index in [0.717, 1.165) is 25.0 Å². The second-order valence-corrected chi connectivity index (χ2v) is 6.80. The van der Waals surface area contributed by atoms with Gasteiger partial charge in [-0.15, -0.1) is 0 Å². The van der Waals surface area contributed by atoms with Gasteiger partial charge in [0, 0.05) is 25.4 Å². The Balaban J connectivity index is 1.37. The summed E-state index contributed by atoms with van der Waals surface area (Å²) < 4.78 is 5.81. The second kappa shape index (κ2) is 8.68. The molecule has 0 saturated carbocycles. The number of rotatable bonds is 7. The summed E-state index contributed by atoms with van der Waals surface area (Å²) in [5.74, 6) is 0.427. The highest BCUT2D eigenvalue weighted by Gasteiger charge is 2.26. The topological polar surface area (TPSA) is 103 Å². The molecule has 3 N–H and O–H groups in total. The highest BCUT2D eigenvalue weighted by Crippen LogP contribution is 2.27. The standard InChI is InChI=1S/C19H24N4O3/c20-10-15(8-14-5-3-7-22-19(14)25)23-18(24)12-21-11-16-9-13-4-1-2-6-17(13)26-16/h1-2,4,6,14-16,21H,3,5,7-9,11-12H2,(H,22,25)(H,23,24)/t14-,15?,16?/m0/s1. The van der Waals surface area contributed by atoms with Crippen LogP contribution in [0.15, 0.2) is 24.3 Å². The van der Waals surface area contributed by atoms with Crippen molar-refractivity contribution >= 4 is 11.8 Å². The molecule has 0 bridgehead atoms. The SMILES string of the molecule is N#CC(C[C@@H]1CCCNC1=O)NC(=O)CNCC1Cc2ccccc2O1. The van der Waals surface area contributed by atoms with Gasteiger partial charge < -0.3 is 20.7 Å². The molecule has 3 atom stereocenters. The molecule has 0 radical (unpaired) electrons. The van der Waals surface area contributed by atoms with E-state index in [9.17, 15) is 14.9 Å². The Morgan fingerprint density at radius 3 is 3.04 bits per heavy atom. The first kappa shape index (κ1) is 18.2. The van der Waals surface area contributed by atoms with E-state index in [0.29, 0.717) is 19.5 Å². The van der Waals surface area contributed by atoms with Gasteiger partial charge in [-0.05, 0) is 30.9 Å². The maximum Gasteiger partial charge on any atom is 0.234 e. The Morgan fingerprint density at radius 2 is 2.27 bits per heavy atom. The lowest BCUT2D eigenvalue weighted by Crippen LogP contribution is -2.45. The number of nitrogens with one attached hydrogen (secondary N) is 3. The molecule has 26 heavy (non-hydrogen) atoms. The van der Waals surface area contributed by atoms with E-state index in [4.69, 9.17) is 4.74 Å². The summed E-state index contributed by atoms with van der Waals surface area (Å²) in [4.78, 5) is 23.8. The van der Waals surface area contributed by atoms with Crippen molar-refractivity contribution in [1.29, 1.82) is 5.26 Å². The van der Waals surface area contributed by atoms with Crippen LogP contribution in [-0.2, 0) is 16.0 Å². The first-order valence-corrected chi connectivity index (χ1v) is 9.07. The fourth-order valence-electron chi connectivity index (χ4n) is 3.45. The van der Waals surface area contributed by atoms with Crippen molar-refractivity contribution in [2.75, 3.05) is 19.6 Å². The van der Waals surface area contributed by atoms with Gasteiger partial charge in [-0.1, -0.05) is 18.2 Å². The van der Waals surface area contributed by atoms with E-state index in [1.54, 1.807) is 0 Å². The first-order valence-electron chi connectivity index (χ1n) is 9.07. The zero-order chi connectivity index (χ0) is 18.4. The lowest BCUT2D eigenvalue weighted by molar-refractivity contribution is -0.127. The van der Waals surface area contributed by atoms with E-state index < -0.39 is 6.04 Å². The van der Waals surface area contributed by atoms with Gasteiger partial charge in [0.15, 0.2) is 0 Å². The van der Waals surface area contributed by atoms with Crippen LogP contribution < -0.4 is 20.7 Å². The van der Waals surface area contributed by atoms with Crippen LogP contribution >= 0.6 is 0 Å². The molecule has 1 aromatic rings. The quantitative estimate of drug-likeness (QED) is 0.660. The summed E-state index contributed by atoms with van der Waals surface area (Å²) in [6.45, 7) is 1.37. The number of para-hydroxylation sites is 1. The molecule has 3 rings (SSSR count). The van der Waals surface area contributed by atoms with Gasteiger partial charge in [0.1, 0.15) is 17.9 Å². The summed E-state index contributed by atoms with van der Waals surface area (Å²) in [6, 6.07) is 9.35. The van der Waals surface area contributed by atoms with Crippen molar-refractivity contribution in [3.05, 3.63) is 29.8 Å². The predicted molar refractivity (Wildman–Crippen MR) is 95.3 cm³/mol. The third-order valence-electron chi connectivity index (χ3n) is 4.78. The number of nitrogens with zero attached hydrogens (tertiary/aromatic N) is 1. The molecule has 7 nitrogen and oxygen atoms in total. The number of carbonyl (C=O) groups is 2. The van der Waals surface area contributed by atoms with Crippen molar-refractivity contribution in [3.8, 4) is 11.8 Å². The molecule has 2 aliphatic heterocycles. The van der Waals surface area contributed by atoms with Gasteiger partial charge in [-0.25, -0.2) is 0 Å². The number of benzene rings is 1. The number of hydrogen-bond acceptors (Lipinski definition) is 5. The number of hydrogen-bond donors (Lipinski definition) is 3. The van der Waals surface area contributed by atoms with Crippen molar-refractivity contribution in [2.24, 2.45) is 5.92 Å². The van der Waals surface area contributed by atoms with Crippen molar-refractivity contribution in [2.45, 2.75) is 37.8 Å². The number of amides is 2. The minimum absolute atomic E-state index is 0.0119. The summed E-state index contributed by atoms with van der Waals surface area (Å²) in [6.07, 6.45) is 2.86. The summed E-state index contributed by atoms with van der Waals surface area (Å²) in [7, 11) is 0. The normalized spacial score (nSPS) is 22.5. The summed E-state index contributed by atoms with van der Waals surface area (Å²) in [5.41, 5.74) is 1.18. The van der Waals surface area contributed by atoms with Crippen LogP contribution in [-0.4, -0.2) is 43.6 Å². The largest absolute Gasteiger partial charge is 0.488 e. The van der Waals surface area contributed by atoms with E-state index in [1.807, 2.05) is 24.3 Å². The Labute approximate surface area is 153 Å². The summed E-state index contributed by atoms with van der Waals surface area (Å²) >= 11 is 0. The highest BCUT2D eigenvalue weighted by atomic mass is 16.5. The first-order chi connectivity index (χ1) is 12.7. The maximum absolute atomic E-state index is 12.1. The fraction of sp³-hybridized carbons (Fsp3) is 0.526. The number of fused-ring (bicyclic) bond motifs is 1. The van der Waals surface area contributed by atoms with Gasteiger partial charge in [0.2, 0.25) is 11.8 Å². The van der Waals surface area contributed by atoms with Crippen LogP contribution in [0.4, 0.5) is 0 Å². The van der Waals surface area contributed by atoms with Gasteiger partial charge in [0.05, 0.1) is 12.6 Å². The third kappa shape index (κ3) is 4.73. The molecule has 2 unspecified atom stereocenters. The van der Waals surface area contributed by atoms with Gasteiger partial charge in [-0.3, -0.25) is 9.59 Å². The minimum atomic E-state index is -0.648. The number of nitriles is 1. The molecule has 1 fully saturated rings. The van der Waals surface area contributed by atoms with Crippen LogP contribution in [0.5, 0.6) is 5.75 Å². The Bertz CT molecular complexity index is 675. The Kier molecular flexibility index (Phi) is 6.08. The molecule has 7 heteroatoms. The van der Waals surface area contributed by atoms with Gasteiger partial charge in [0.25, 0.3) is 0 Å². The van der Waals surface area contributed by atoms with E-state index in [1.165, 1.54) is 5.56 Å². The number of ether oxygens (including phenoxy) is 1. The van der Waals surface area contributed by atoms with Crippen LogP contribution in [0, 0.1) is 17.2 Å². The average molecular weight is 356 g/mol. The predicted octanol–water partition coefficient (Wildman–Crippen LogP) is 0.504. The highest BCUT2D eigenvalue weighted by molar-refractivity contribution is 5.80. The summed E-state index contributed by atoms with van der Waals surface area (Å²) in [5, 5.41) is 17.8. The minimum Gasteiger partial charge on any atom is -0.488 e. The van der Waals surface area contributed by atoms with Crippen LogP contribution in [0.1, 0.15) is 24.8 Å². The third-order valence-corrected chi connectivity index (χ3v) is 4.78. The molecule has 0 spiro atoms. The molecule has 138 valence electrons. The van der Waals surface area contributed by atoms with Crippen LogP contribution in [0.3, 0.4) is 0 Å². The monoisotopic (exact) mass is 356 g/mol. The fourth-order valence-corrected chi connectivity index (χ4v) is 3.45. The molecule has 2 amide bonds. The smallest absolute Gasteiger partial charge is 0.234 e. The lowest BCUT2D eigenvalue weighted by atomic mass is 9.92. The van der Waals surface area contributed by atoms with E-state index in [2.05, 4.69) is 22.0 Å². The van der Waals surface area contributed by atoms with Crippen molar-refractivity contribution in [1.82, 2.24) is 16.0 Å². The zero-order valence-corrected chi connectivity index (χ0v) is 14.7. The molecular weight excluding hydrogens is 332 g/mol. The van der Waals surface area contributed by atoms with Gasteiger partial charge in [-0.2, -0.15) is 5.26 Å². The van der Waals surface area contributed by atoms with E-state index in [-0.39, 0.29) is 30.4 Å². The molecular formula is C19H24N4O3.